The van der Waals surface area contributed by atoms with Crippen LogP contribution in [0.4, 0.5) is 13.2 Å². The fourth-order valence-electron chi connectivity index (χ4n) is 0.378. The summed E-state index contributed by atoms with van der Waals surface area (Å²) >= 11 is 0. The van der Waals surface area contributed by atoms with Crippen LogP contribution < -0.4 is 4.89 Å². The maximum atomic E-state index is 11.4. The first kappa shape index (κ1) is 10.7. The molecule has 0 aromatic carbocycles. The van der Waals surface area contributed by atoms with Crippen molar-refractivity contribution in [3.05, 3.63) is 11.9 Å². The van der Waals surface area contributed by atoms with Gasteiger partial charge in [-0.1, -0.05) is 6.08 Å². The second kappa shape index (κ2) is 3.41. The van der Waals surface area contributed by atoms with Gasteiger partial charge in [0.15, 0.2) is 0 Å². The van der Waals surface area contributed by atoms with Crippen LogP contribution in [-0.4, -0.2) is 12.8 Å². The second-order valence-electron chi connectivity index (χ2n) is 2.11. The molecule has 0 radical (unpaired) electrons. The Balaban J connectivity index is 3.90. The molecule has 0 aliphatic heterocycles. The Kier molecular flexibility index (Phi) is 3.32. The molecule has 6 heteroatoms. The number of halogens is 3. The average Bonchev–Trinajstić information content (AvgIpc) is 1.55. The Morgan fingerprint density at radius 3 is 2.27 bits per heavy atom. The zero-order valence-electron chi connectivity index (χ0n) is 5.76. The van der Waals surface area contributed by atoms with Gasteiger partial charge in [0.1, 0.15) is 0 Å². The molecule has 0 aliphatic carbocycles. The molecule has 0 aliphatic rings. The highest BCUT2D eigenvalue weighted by Crippen LogP contribution is 2.32. The Morgan fingerprint density at radius 1 is 1.55 bits per heavy atom. The third-order valence-electron chi connectivity index (χ3n) is 0.726. The van der Waals surface area contributed by atoms with Gasteiger partial charge in [0, 0.05) is 7.37 Å². The molecular weight excluding hydrogens is 180 g/mol. The van der Waals surface area contributed by atoms with Gasteiger partial charge in [0.05, 0.1) is 6.42 Å². The highest BCUT2D eigenvalue weighted by atomic mass is 31.2. The topological polar surface area (TPSA) is 40.1 Å². The van der Waals surface area contributed by atoms with E-state index in [2.05, 4.69) is 0 Å². The lowest BCUT2D eigenvalue weighted by Crippen LogP contribution is -2.04. The Labute approximate surface area is 62.2 Å². The predicted octanol–water partition coefficient (Wildman–Crippen LogP) is 1.72. The normalized spacial score (nSPS) is 18.6. The summed E-state index contributed by atoms with van der Waals surface area (Å²) in [6.07, 6.45) is -4.94. The molecule has 0 amide bonds. The van der Waals surface area contributed by atoms with Gasteiger partial charge in [-0.05, 0) is 12.5 Å². The highest BCUT2D eigenvalue weighted by Gasteiger charge is 2.24. The first-order valence-corrected chi connectivity index (χ1v) is 4.87. The summed E-state index contributed by atoms with van der Waals surface area (Å²) in [5, 5.41) is 0. The summed E-state index contributed by atoms with van der Waals surface area (Å²) in [5.41, 5.74) is 0. The van der Waals surface area contributed by atoms with Crippen LogP contribution in [0.3, 0.4) is 0 Å². The number of rotatable bonds is 2. The minimum absolute atomic E-state index is 0.570. The number of alkyl halides is 3. The molecule has 11 heavy (non-hydrogen) atoms. The van der Waals surface area contributed by atoms with Crippen LogP contribution in [0.2, 0.25) is 0 Å². The van der Waals surface area contributed by atoms with E-state index in [0.29, 0.717) is 11.9 Å². The molecule has 0 N–H and O–H groups in total. The van der Waals surface area contributed by atoms with Gasteiger partial charge in [-0.2, -0.15) is 13.2 Å². The molecular formula is C5H7F3O2P-. The van der Waals surface area contributed by atoms with Crippen LogP contribution in [0.15, 0.2) is 11.9 Å². The lowest BCUT2D eigenvalue weighted by molar-refractivity contribution is -0.170. The first-order chi connectivity index (χ1) is 4.71. The van der Waals surface area contributed by atoms with E-state index in [0.717, 1.165) is 6.66 Å². The van der Waals surface area contributed by atoms with Crippen LogP contribution >= 0.6 is 7.37 Å². The standard InChI is InChI=1S/C5H8F3O2P/c1-11(9,10)4-2-3-5(6,7)8/h2,4H,3H2,1H3,(H,9,10)/p-1. The summed E-state index contributed by atoms with van der Waals surface area (Å²) in [6.45, 7) is 0.861. The monoisotopic (exact) mass is 187 g/mol. The van der Waals surface area contributed by atoms with Gasteiger partial charge in [0.2, 0.25) is 0 Å². The van der Waals surface area contributed by atoms with Gasteiger partial charge in [-0.15, -0.1) is 0 Å². The fourth-order valence-corrected chi connectivity index (χ4v) is 0.866. The average molecular weight is 187 g/mol. The summed E-state index contributed by atoms with van der Waals surface area (Å²) in [4.78, 5) is 10.3. The molecule has 0 saturated heterocycles. The molecule has 1 unspecified atom stereocenters. The molecule has 1 atom stereocenters. The SMILES string of the molecule is CP(=O)([O-])C=CCC(F)(F)F. The molecule has 0 aromatic heterocycles. The maximum Gasteiger partial charge on any atom is 0.392 e. The first-order valence-electron chi connectivity index (χ1n) is 2.73. The largest absolute Gasteiger partial charge is 0.797 e. The number of allylic oxidation sites excluding steroid dienone is 1. The maximum absolute atomic E-state index is 11.4. The lowest BCUT2D eigenvalue weighted by atomic mass is 10.4. The fraction of sp³-hybridized carbons (Fsp3) is 0.600. The molecule has 66 valence electrons. The minimum atomic E-state index is -4.33. The van der Waals surface area contributed by atoms with Gasteiger partial charge >= 0.3 is 6.18 Å². The van der Waals surface area contributed by atoms with E-state index in [-0.39, 0.29) is 0 Å². The van der Waals surface area contributed by atoms with Crippen LogP contribution in [-0.2, 0) is 4.57 Å². The zero-order valence-corrected chi connectivity index (χ0v) is 6.65. The van der Waals surface area contributed by atoms with Crippen molar-refractivity contribution in [2.45, 2.75) is 12.6 Å². The smallest absolute Gasteiger partial charge is 0.392 e. The van der Waals surface area contributed by atoms with Crippen molar-refractivity contribution in [2.75, 3.05) is 6.66 Å². The summed E-state index contributed by atoms with van der Waals surface area (Å²) in [7, 11) is -3.68. The van der Waals surface area contributed by atoms with Crippen molar-refractivity contribution in [1.82, 2.24) is 0 Å². The lowest BCUT2D eigenvalue weighted by Gasteiger charge is -2.11. The van der Waals surface area contributed by atoms with Crippen molar-refractivity contribution in [1.29, 1.82) is 0 Å². The van der Waals surface area contributed by atoms with E-state index < -0.39 is 20.0 Å². The third-order valence-corrected chi connectivity index (χ3v) is 1.48. The van der Waals surface area contributed by atoms with E-state index in [1.807, 2.05) is 0 Å². The molecule has 0 spiro atoms. The van der Waals surface area contributed by atoms with Gasteiger partial charge in [0.25, 0.3) is 0 Å². The van der Waals surface area contributed by atoms with Gasteiger partial charge in [-0.3, -0.25) is 0 Å². The van der Waals surface area contributed by atoms with Crippen LogP contribution in [0, 0.1) is 0 Å². The van der Waals surface area contributed by atoms with E-state index in [4.69, 9.17) is 0 Å². The van der Waals surface area contributed by atoms with Gasteiger partial charge in [-0.25, -0.2) is 0 Å². The Bertz CT molecular complexity index is 190. The number of hydrogen-bond donors (Lipinski definition) is 0. The second-order valence-corrected chi connectivity index (χ2v) is 4.23. The highest BCUT2D eigenvalue weighted by molar-refractivity contribution is 7.59. The van der Waals surface area contributed by atoms with Crippen LogP contribution in [0.25, 0.3) is 0 Å². The van der Waals surface area contributed by atoms with E-state index >= 15 is 0 Å². The summed E-state index contributed by atoms with van der Waals surface area (Å²) < 4.78 is 44.5. The Morgan fingerprint density at radius 2 is 2.00 bits per heavy atom. The zero-order chi connectivity index (χ0) is 9.12. The van der Waals surface area contributed by atoms with Crippen molar-refractivity contribution in [2.24, 2.45) is 0 Å². The summed E-state index contributed by atoms with van der Waals surface area (Å²) in [6, 6.07) is 0. The summed E-state index contributed by atoms with van der Waals surface area (Å²) in [5.74, 6) is 0.570. The van der Waals surface area contributed by atoms with E-state index in [1.54, 1.807) is 0 Å². The van der Waals surface area contributed by atoms with Crippen molar-refractivity contribution < 1.29 is 22.6 Å². The van der Waals surface area contributed by atoms with Crippen molar-refractivity contribution in [3.63, 3.8) is 0 Å². The molecule has 0 bridgehead atoms. The minimum Gasteiger partial charge on any atom is -0.797 e. The number of hydrogen-bond acceptors (Lipinski definition) is 2. The molecule has 0 aromatic rings. The third kappa shape index (κ3) is 9.72. The Hall–Kier alpha value is -0.280. The van der Waals surface area contributed by atoms with Crippen molar-refractivity contribution >= 4 is 7.37 Å². The molecule has 0 rings (SSSR count). The molecule has 2 nitrogen and oxygen atoms in total. The van der Waals surface area contributed by atoms with E-state index in [9.17, 15) is 22.6 Å². The quantitative estimate of drug-likeness (QED) is 0.617. The predicted molar refractivity (Wildman–Crippen MR) is 33.3 cm³/mol. The molecule has 0 fully saturated rings. The van der Waals surface area contributed by atoms with Crippen molar-refractivity contribution in [3.8, 4) is 0 Å². The molecule has 0 saturated carbocycles. The van der Waals surface area contributed by atoms with Crippen LogP contribution in [0.1, 0.15) is 6.42 Å². The van der Waals surface area contributed by atoms with E-state index in [1.165, 1.54) is 0 Å². The van der Waals surface area contributed by atoms with Crippen LogP contribution in [0.5, 0.6) is 0 Å². The van der Waals surface area contributed by atoms with Gasteiger partial charge < -0.3 is 9.46 Å². The molecule has 0 heterocycles.